The van der Waals surface area contributed by atoms with Crippen LogP contribution < -0.4 is 10.6 Å². The number of nitrogens with one attached hydrogen (secondary N) is 2. The van der Waals surface area contributed by atoms with Crippen molar-refractivity contribution in [3.05, 3.63) is 84.3 Å². The van der Waals surface area contributed by atoms with Crippen molar-refractivity contribution in [1.29, 1.82) is 0 Å². The molecular formula is C26H21N3O4S2. The van der Waals surface area contributed by atoms with E-state index in [0.29, 0.717) is 10.8 Å². The smallest absolute Gasteiger partial charge is 0.328 e. The molecule has 1 unspecified atom stereocenters. The Hall–Kier alpha value is -3.95. The van der Waals surface area contributed by atoms with Gasteiger partial charge in [-0.15, -0.1) is 23.1 Å². The Morgan fingerprint density at radius 3 is 2.46 bits per heavy atom. The van der Waals surface area contributed by atoms with Gasteiger partial charge < -0.3 is 15.7 Å². The third kappa shape index (κ3) is 6.56. The van der Waals surface area contributed by atoms with Crippen LogP contribution in [0.1, 0.15) is 6.92 Å². The quantitative estimate of drug-likeness (QED) is 0.211. The number of carboxylic acid groups (broad SMARTS) is 1. The molecule has 1 atom stereocenters. The first-order valence-electron chi connectivity index (χ1n) is 10.6. The topological polar surface area (TPSA) is 108 Å². The molecule has 0 aliphatic carbocycles. The number of benzene rings is 3. The summed E-state index contributed by atoms with van der Waals surface area (Å²) >= 11 is 2.76. The number of carboxylic acids is 1. The Morgan fingerprint density at radius 1 is 0.971 bits per heavy atom. The summed E-state index contributed by atoms with van der Waals surface area (Å²) in [5.41, 5.74) is 2.33. The minimum Gasteiger partial charge on any atom is -0.478 e. The molecule has 0 saturated heterocycles. The lowest BCUT2D eigenvalue weighted by Gasteiger charge is -2.11. The number of carbonyl (C=O) groups excluding carboxylic acids is 2. The number of aromatic nitrogens is 1. The van der Waals surface area contributed by atoms with E-state index in [0.717, 1.165) is 39.1 Å². The molecule has 0 radical (unpaired) electrons. The van der Waals surface area contributed by atoms with Crippen molar-refractivity contribution in [2.75, 3.05) is 10.6 Å². The van der Waals surface area contributed by atoms with Gasteiger partial charge in [-0.2, -0.15) is 0 Å². The van der Waals surface area contributed by atoms with Crippen molar-refractivity contribution in [1.82, 2.24) is 4.98 Å². The number of fused-ring (bicyclic) bond motifs is 1. The summed E-state index contributed by atoms with van der Waals surface area (Å²) in [5, 5.41) is 18.4. The molecule has 0 aliphatic rings. The van der Waals surface area contributed by atoms with Gasteiger partial charge in [-0.05, 0) is 48.0 Å². The predicted octanol–water partition coefficient (Wildman–Crippen LogP) is 5.66. The van der Waals surface area contributed by atoms with E-state index in [9.17, 15) is 14.4 Å². The second kappa shape index (κ2) is 11.0. The maximum Gasteiger partial charge on any atom is 0.328 e. The maximum absolute atomic E-state index is 12.7. The van der Waals surface area contributed by atoms with Crippen LogP contribution in [0.3, 0.4) is 0 Å². The van der Waals surface area contributed by atoms with Gasteiger partial charge >= 0.3 is 5.97 Å². The van der Waals surface area contributed by atoms with E-state index in [2.05, 4.69) is 39.9 Å². The minimum absolute atomic E-state index is 0.161. The number of hydrogen-bond acceptors (Lipinski definition) is 6. The van der Waals surface area contributed by atoms with Crippen molar-refractivity contribution >= 4 is 62.5 Å². The lowest BCUT2D eigenvalue weighted by atomic mass is 10.1. The molecule has 9 heteroatoms. The van der Waals surface area contributed by atoms with Crippen LogP contribution in [0.2, 0.25) is 0 Å². The molecule has 0 bridgehead atoms. The highest BCUT2D eigenvalue weighted by atomic mass is 32.2. The van der Waals surface area contributed by atoms with E-state index in [1.54, 1.807) is 24.3 Å². The zero-order valence-electron chi connectivity index (χ0n) is 18.6. The SMILES string of the molecule is CC(Sc1ccc(NC(=O)/C=C/C(=O)O)cc1)C(=O)Nc1nc(-c2ccc3ccccc3c2)cs1. The zero-order valence-corrected chi connectivity index (χ0v) is 20.2. The summed E-state index contributed by atoms with van der Waals surface area (Å²) in [5.74, 6) is -1.89. The van der Waals surface area contributed by atoms with Gasteiger partial charge in [0.25, 0.3) is 0 Å². The molecule has 4 rings (SSSR count). The van der Waals surface area contributed by atoms with Crippen LogP contribution in [-0.2, 0) is 14.4 Å². The Balaban J connectivity index is 1.33. The monoisotopic (exact) mass is 503 g/mol. The number of anilines is 2. The summed E-state index contributed by atoms with van der Waals surface area (Å²) in [6.45, 7) is 1.81. The van der Waals surface area contributed by atoms with Gasteiger partial charge in [-0.3, -0.25) is 9.59 Å². The van der Waals surface area contributed by atoms with Crippen LogP contribution in [0.15, 0.2) is 89.2 Å². The third-order valence-corrected chi connectivity index (χ3v) is 6.83. The van der Waals surface area contributed by atoms with Gasteiger partial charge in [-0.1, -0.05) is 36.4 Å². The second-order valence-corrected chi connectivity index (χ2v) is 9.81. The highest BCUT2D eigenvalue weighted by Crippen LogP contribution is 2.29. The van der Waals surface area contributed by atoms with E-state index in [1.807, 2.05) is 30.5 Å². The van der Waals surface area contributed by atoms with Gasteiger partial charge in [0.1, 0.15) is 0 Å². The zero-order chi connectivity index (χ0) is 24.8. The van der Waals surface area contributed by atoms with Crippen LogP contribution >= 0.6 is 23.1 Å². The molecule has 0 saturated carbocycles. The maximum atomic E-state index is 12.7. The molecule has 0 fully saturated rings. The number of hydrogen-bond donors (Lipinski definition) is 3. The number of thioether (sulfide) groups is 1. The van der Waals surface area contributed by atoms with E-state index < -0.39 is 11.9 Å². The van der Waals surface area contributed by atoms with Crippen LogP contribution in [-0.4, -0.2) is 33.1 Å². The van der Waals surface area contributed by atoms with Gasteiger partial charge in [0.15, 0.2) is 5.13 Å². The lowest BCUT2D eigenvalue weighted by Crippen LogP contribution is -2.22. The van der Waals surface area contributed by atoms with Crippen molar-refractivity contribution < 1.29 is 19.5 Å². The molecule has 35 heavy (non-hydrogen) atoms. The number of aliphatic carboxylic acids is 1. The van der Waals surface area contributed by atoms with Crippen molar-refractivity contribution in [3.63, 3.8) is 0 Å². The Bertz CT molecular complexity index is 1410. The third-order valence-electron chi connectivity index (χ3n) is 4.96. The summed E-state index contributed by atoms with van der Waals surface area (Å²) in [7, 11) is 0. The van der Waals surface area contributed by atoms with Crippen LogP contribution in [0.25, 0.3) is 22.0 Å². The molecule has 3 N–H and O–H groups in total. The number of amides is 2. The summed E-state index contributed by atoms with van der Waals surface area (Å²) < 4.78 is 0. The molecule has 0 aliphatic heterocycles. The number of rotatable bonds is 8. The molecule has 7 nitrogen and oxygen atoms in total. The Morgan fingerprint density at radius 2 is 1.71 bits per heavy atom. The molecule has 1 heterocycles. The first-order valence-corrected chi connectivity index (χ1v) is 12.4. The Labute approximate surface area is 209 Å². The van der Waals surface area contributed by atoms with Gasteiger partial charge in [0.2, 0.25) is 11.8 Å². The molecule has 2 amide bonds. The second-order valence-electron chi connectivity index (χ2n) is 7.53. The molecule has 0 spiro atoms. The average Bonchev–Trinajstić information content (AvgIpc) is 3.32. The van der Waals surface area contributed by atoms with E-state index >= 15 is 0 Å². The average molecular weight is 504 g/mol. The first kappa shape index (κ1) is 24.2. The normalized spacial score (nSPS) is 11.9. The summed E-state index contributed by atoms with van der Waals surface area (Å²) in [6, 6.07) is 21.2. The number of thiazole rings is 1. The molecule has 1 aromatic heterocycles. The fraction of sp³-hybridized carbons (Fsp3) is 0.0769. The van der Waals surface area contributed by atoms with Crippen LogP contribution in [0.5, 0.6) is 0 Å². The Kier molecular flexibility index (Phi) is 7.59. The summed E-state index contributed by atoms with van der Waals surface area (Å²) in [6.07, 6.45) is 1.72. The number of nitrogens with zero attached hydrogens (tertiary/aromatic N) is 1. The lowest BCUT2D eigenvalue weighted by molar-refractivity contribution is -0.131. The van der Waals surface area contributed by atoms with Crippen LogP contribution in [0, 0.1) is 0 Å². The van der Waals surface area contributed by atoms with Gasteiger partial charge in [-0.25, -0.2) is 9.78 Å². The molecule has 3 aromatic carbocycles. The van der Waals surface area contributed by atoms with Gasteiger partial charge in [0, 0.05) is 33.7 Å². The van der Waals surface area contributed by atoms with Crippen molar-refractivity contribution in [2.24, 2.45) is 0 Å². The molecule has 4 aromatic rings. The van der Waals surface area contributed by atoms with E-state index in [-0.39, 0.29) is 11.2 Å². The highest BCUT2D eigenvalue weighted by molar-refractivity contribution is 8.00. The molecular weight excluding hydrogens is 482 g/mol. The van der Waals surface area contributed by atoms with E-state index in [1.165, 1.54) is 23.1 Å². The van der Waals surface area contributed by atoms with Gasteiger partial charge in [0.05, 0.1) is 10.9 Å². The largest absolute Gasteiger partial charge is 0.478 e. The van der Waals surface area contributed by atoms with Crippen LogP contribution in [0.4, 0.5) is 10.8 Å². The van der Waals surface area contributed by atoms with Crippen molar-refractivity contribution in [3.8, 4) is 11.3 Å². The highest BCUT2D eigenvalue weighted by Gasteiger charge is 2.16. The minimum atomic E-state index is -1.19. The predicted molar refractivity (Wildman–Crippen MR) is 141 cm³/mol. The fourth-order valence-electron chi connectivity index (χ4n) is 3.22. The van der Waals surface area contributed by atoms with E-state index in [4.69, 9.17) is 5.11 Å². The molecule has 176 valence electrons. The number of carbonyl (C=O) groups is 3. The standard InChI is InChI=1S/C26H21N3O4S2/c1-16(35-21-10-8-20(9-11-21)27-23(30)12-13-24(31)32)25(33)29-26-28-22(15-34-26)19-7-6-17-4-2-3-5-18(17)14-19/h2-16H,1H3,(H,27,30)(H,31,32)(H,28,29,33)/b13-12+. The van der Waals surface area contributed by atoms with Crippen molar-refractivity contribution in [2.45, 2.75) is 17.1 Å². The first-order chi connectivity index (χ1) is 16.9. The fourth-order valence-corrected chi connectivity index (χ4v) is 4.81. The summed E-state index contributed by atoms with van der Waals surface area (Å²) in [4.78, 5) is 40.3.